The number of methoxy groups -OCH3 is 1. The molecule has 1 saturated carbocycles. The van der Waals surface area contributed by atoms with Crippen LogP contribution in [0.3, 0.4) is 0 Å². The molecule has 1 aliphatic rings. The molecule has 0 aromatic heterocycles. The Labute approximate surface area is 118 Å². The maximum Gasteiger partial charge on any atom is 0.0700 e. The second-order valence-corrected chi connectivity index (χ2v) is 5.26. The number of hydrogen-bond donors (Lipinski definition) is 1. The SMILES string of the molecule is CCCNC1CCC(OCCCOCCOC)CC1. The van der Waals surface area contributed by atoms with E-state index in [0.29, 0.717) is 19.3 Å². The summed E-state index contributed by atoms with van der Waals surface area (Å²) in [6, 6.07) is 0.720. The monoisotopic (exact) mass is 273 g/mol. The summed E-state index contributed by atoms with van der Waals surface area (Å²) in [6.45, 7) is 6.33. The first-order chi connectivity index (χ1) is 9.36. The Bertz CT molecular complexity index is 194. The van der Waals surface area contributed by atoms with E-state index in [0.717, 1.165) is 32.2 Å². The van der Waals surface area contributed by atoms with Crippen LogP contribution in [0.15, 0.2) is 0 Å². The molecule has 1 fully saturated rings. The summed E-state index contributed by atoms with van der Waals surface area (Å²) in [5, 5.41) is 3.60. The summed E-state index contributed by atoms with van der Waals surface area (Å²) in [4.78, 5) is 0. The Morgan fingerprint density at radius 1 is 1.00 bits per heavy atom. The molecule has 0 atom stereocenters. The quantitative estimate of drug-likeness (QED) is 0.587. The van der Waals surface area contributed by atoms with Crippen molar-refractivity contribution in [2.24, 2.45) is 0 Å². The van der Waals surface area contributed by atoms with Crippen LogP contribution in [0.2, 0.25) is 0 Å². The van der Waals surface area contributed by atoms with Gasteiger partial charge in [-0.1, -0.05) is 6.92 Å². The Morgan fingerprint density at radius 2 is 1.79 bits per heavy atom. The molecule has 0 heterocycles. The van der Waals surface area contributed by atoms with Crippen LogP contribution in [-0.2, 0) is 14.2 Å². The van der Waals surface area contributed by atoms with Crippen molar-refractivity contribution in [1.82, 2.24) is 5.32 Å². The molecule has 0 aromatic rings. The zero-order valence-electron chi connectivity index (χ0n) is 12.7. The van der Waals surface area contributed by atoms with Crippen molar-refractivity contribution in [3.05, 3.63) is 0 Å². The van der Waals surface area contributed by atoms with Crippen molar-refractivity contribution in [2.45, 2.75) is 57.6 Å². The summed E-state index contributed by atoms with van der Waals surface area (Å²) in [6.07, 6.45) is 7.60. The van der Waals surface area contributed by atoms with Crippen molar-refractivity contribution in [3.8, 4) is 0 Å². The molecule has 0 unspecified atom stereocenters. The van der Waals surface area contributed by atoms with E-state index in [-0.39, 0.29) is 0 Å². The lowest BCUT2D eigenvalue weighted by Gasteiger charge is -2.29. The molecule has 4 heteroatoms. The Kier molecular flexibility index (Phi) is 10.4. The smallest absolute Gasteiger partial charge is 0.0700 e. The van der Waals surface area contributed by atoms with Crippen LogP contribution in [0.25, 0.3) is 0 Å². The summed E-state index contributed by atoms with van der Waals surface area (Å²) >= 11 is 0. The van der Waals surface area contributed by atoms with Crippen LogP contribution in [0.5, 0.6) is 0 Å². The lowest BCUT2D eigenvalue weighted by molar-refractivity contribution is 0.00456. The molecule has 0 saturated heterocycles. The molecule has 1 rings (SSSR count). The van der Waals surface area contributed by atoms with Crippen LogP contribution in [0.4, 0.5) is 0 Å². The molecular weight excluding hydrogens is 242 g/mol. The summed E-state index contributed by atoms with van der Waals surface area (Å²) in [7, 11) is 1.69. The van der Waals surface area contributed by atoms with Crippen LogP contribution >= 0.6 is 0 Å². The number of ether oxygens (including phenoxy) is 3. The molecule has 19 heavy (non-hydrogen) atoms. The van der Waals surface area contributed by atoms with Gasteiger partial charge in [-0.25, -0.2) is 0 Å². The fraction of sp³-hybridized carbons (Fsp3) is 1.00. The highest BCUT2D eigenvalue weighted by molar-refractivity contribution is 4.77. The van der Waals surface area contributed by atoms with E-state index >= 15 is 0 Å². The van der Waals surface area contributed by atoms with Crippen molar-refractivity contribution >= 4 is 0 Å². The average Bonchev–Trinajstić information content (AvgIpc) is 2.45. The Hall–Kier alpha value is -0.160. The molecule has 0 radical (unpaired) electrons. The zero-order valence-corrected chi connectivity index (χ0v) is 12.7. The van der Waals surface area contributed by atoms with E-state index in [9.17, 15) is 0 Å². The number of rotatable bonds is 11. The van der Waals surface area contributed by atoms with Crippen LogP contribution < -0.4 is 5.32 Å². The fourth-order valence-corrected chi connectivity index (χ4v) is 2.44. The maximum atomic E-state index is 5.90. The minimum absolute atomic E-state index is 0.471. The highest BCUT2D eigenvalue weighted by Gasteiger charge is 2.20. The molecule has 0 aliphatic heterocycles. The first kappa shape index (κ1) is 16.9. The summed E-state index contributed by atoms with van der Waals surface area (Å²) < 4.78 is 16.2. The van der Waals surface area contributed by atoms with Gasteiger partial charge in [-0.2, -0.15) is 0 Å². The van der Waals surface area contributed by atoms with Gasteiger partial charge >= 0.3 is 0 Å². The van der Waals surface area contributed by atoms with Crippen molar-refractivity contribution in [2.75, 3.05) is 40.1 Å². The average molecular weight is 273 g/mol. The molecule has 4 nitrogen and oxygen atoms in total. The predicted molar refractivity (Wildman–Crippen MR) is 77.6 cm³/mol. The van der Waals surface area contributed by atoms with Gasteiger partial charge in [-0.3, -0.25) is 0 Å². The number of nitrogens with one attached hydrogen (secondary N) is 1. The third-order valence-electron chi connectivity index (χ3n) is 3.58. The largest absolute Gasteiger partial charge is 0.382 e. The summed E-state index contributed by atoms with van der Waals surface area (Å²) in [5.74, 6) is 0. The van der Waals surface area contributed by atoms with E-state index in [4.69, 9.17) is 14.2 Å². The molecule has 0 bridgehead atoms. The van der Waals surface area contributed by atoms with E-state index in [1.807, 2.05) is 0 Å². The Balaban J connectivity index is 1.89. The van der Waals surface area contributed by atoms with Gasteiger partial charge in [0.05, 0.1) is 19.3 Å². The van der Waals surface area contributed by atoms with E-state index in [1.165, 1.54) is 32.1 Å². The topological polar surface area (TPSA) is 39.7 Å². The van der Waals surface area contributed by atoms with Crippen molar-refractivity contribution in [3.63, 3.8) is 0 Å². The van der Waals surface area contributed by atoms with Crippen LogP contribution in [0.1, 0.15) is 45.4 Å². The molecule has 0 amide bonds. The molecule has 0 spiro atoms. The molecule has 0 aromatic carbocycles. The van der Waals surface area contributed by atoms with E-state index in [1.54, 1.807) is 7.11 Å². The Morgan fingerprint density at radius 3 is 2.47 bits per heavy atom. The van der Waals surface area contributed by atoms with Gasteiger partial charge < -0.3 is 19.5 Å². The highest BCUT2D eigenvalue weighted by Crippen LogP contribution is 2.21. The van der Waals surface area contributed by atoms with Crippen molar-refractivity contribution < 1.29 is 14.2 Å². The standard InChI is InChI=1S/C15H31NO3/c1-3-9-16-14-5-7-15(8-6-14)19-11-4-10-18-13-12-17-2/h14-16H,3-13H2,1-2H3. The molecule has 114 valence electrons. The van der Waals surface area contributed by atoms with Gasteiger partial charge in [0, 0.05) is 26.4 Å². The molecular formula is C15H31NO3. The number of hydrogen-bond acceptors (Lipinski definition) is 4. The van der Waals surface area contributed by atoms with Crippen LogP contribution in [-0.4, -0.2) is 52.2 Å². The lowest BCUT2D eigenvalue weighted by Crippen LogP contribution is -2.35. The van der Waals surface area contributed by atoms with Gasteiger partial charge in [-0.15, -0.1) is 0 Å². The molecule has 1 N–H and O–H groups in total. The molecule has 1 aliphatic carbocycles. The normalized spacial score (nSPS) is 23.7. The second-order valence-electron chi connectivity index (χ2n) is 5.26. The maximum absolute atomic E-state index is 5.90. The second kappa shape index (κ2) is 11.6. The van der Waals surface area contributed by atoms with E-state index < -0.39 is 0 Å². The van der Waals surface area contributed by atoms with Gasteiger partial charge in [0.1, 0.15) is 0 Å². The first-order valence-electron chi connectivity index (χ1n) is 7.78. The van der Waals surface area contributed by atoms with Gasteiger partial charge in [-0.05, 0) is 45.1 Å². The predicted octanol–water partition coefficient (Wildman–Crippen LogP) is 2.37. The minimum Gasteiger partial charge on any atom is -0.382 e. The highest BCUT2D eigenvalue weighted by atomic mass is 16.5. The van der Waals surface area contributed by atoms with E-state index in [2.05, 4.69) is 12.2 Å². The van der Waals surface area contributed by atoms with Gasteiger partial charge in [0.2, 0.25) is 0 Å². The summed E-state index contributed by atoms with van der Waals surface area (Å²) in [5.41, 5.74) is 0. The van der Waals surface area contributed by atoms with Crippen molar-refractivity contribution in [1.29, 1.82) is 0 Å². The van der Waals surface area contributed by atoms with Crippen LogP contribution in [0, 0.1) is 0 Å². The zero-order chi connectivity index (χ0) is 13.8. The first-order valence-corrected chi connectivity index (χ1v) is 7.78. The van der Waals surface area contributed by atoms with Gasteiger partial charge in [0.15, 0.2) is 0 Å². The van der Waals surface area contributed by atoms with Gasteiger partial charge in [0.25, 0.3) is 0 Å². The fourth-order valence-electron chi connectivity index (χ4n) is 2.44. The third kappa shape index (κ3) is 8.58. The lowest BCUT2D eigenvalue weighted by atomic mass is 9.93. The minimum atomic E-state index is 0.471. The third-order valence-corrected chi connectivity index (χ3v) is 3.58.